The molecule has 8 amide bonds. The Labute approximate surface area is 723 Å². The summed E-state index contributed by atoms with van der Waals surface area (Å²) in [7, 11) is 0. The smallest absolute Gasteiger partial charge is 0.247 e. The highest BCUT2D eigenvalue weighted by molar-refractivity contribution is 6.02. The van der Waals surface area contributed by atoms with E-state index in [1.54, 1.807) is 24.8 Å². The van der Waals surface area contributed by atoms with E-state index in [2.05, 4.69) is 62.5 Å². The molecule has 0 spiro atoms. The Morgan fingerprint density at radius 3 is 0.621 bits per heavy atom. The normalized spacial score (nSPS) is 12.8. The van der Waals surface area contributed by atoms with Crippen molar-refractivity contribution in [1.82, 2.24) is 41.2 Å². The minimum atomic E-state index is -0.719. The van der Waals surface area contributed by atoms with Crippen LogP contribution in [0.4, 0.5) is 22.7 Å². The van der Waals surface area contributed by atoms with Crippen molar-refractivity contribution in [3.63, 3.8) is 0 Å². The molecule has 648 valence electrons. The van der Waals surface area contributed by atoms with Crippen molar-refractivity contribution in [2.75, 3.05) is 47.4 Å². The van der Waals surface area contributed by atoms with Crippen molar-refractivity contribution in [3.05, 3.63) is 290 Å². The van der Waals surface area contributed by atoms with Crippen LogP contribution in [0.15, 0.2) is 267 Å². The quantitative estimate of drug-likeness (QED) is 0.0170. The molecule has 12 rings (SSSR count). The van der Waals surface area contributed by atoms with Crippen LogP contribution in [0.1, 0.15) is 99.3 Å². The van der Waals surface area contributed by atoms with Gasteiger partial charge in [0.1, 0.15) is 24.2 Å². The van der Waals surface area contributed by atoms with Crippen LogP contribution in [-0.2, 0) is 64.0 Å². The number of nitrogens with one attached hydrogen (secondary N) is 8. The van der Waals surface area contributed by atoms with Gasteiger partial charge >= 0.3 is 0 Å². The number of benzene rings is 8. The third-order valence-electron chi connectivity index (χ3n) is 20.4. The number of nitrogens with two attached hydrogens (primary N) is 8. The van der Waals surface area contributed by atoms with Crippen molar-refractivity contribution in [3.8, 4) is 0 Å². The van der Waals surface area contributed by atoms with Gasteiger partial charge in [0, 0.05) is 21.5 Å². The van der Waals surface area contributed by atoms with Gasteiger partial charge in [-0.25, -0.2) is 0 Å². The van der Waals surface area contributed by atoms with Gasteiger partial charge in [-0.1, -0.05) is 194 Å². The molecule has 0 saturated heterocycles. The van der Waals surface area contributed by atoms with Gasteiger partial charge in [-0.15, -0.1) is 0 Å². The Morgan fingerprint density at radius 1 is 0.242 bits per heavy atom. The molecule has 0 saturated carbocycles. The maximum Gasteiger partial charge on any atom is 0.247 e. The number of aromatic nitrogens is 4. The second-order valence-corrected chi connectivity index (χ2v) is 30.1. The lowest BCUT2D eigenvalue weighted by Gasteiger charge is -2.21. The van der Waals surface area contributed by atoms with Gasteiger partial charge in [0.2, 0.25) is 47.3 Å². The third kappa shape index (κ3) is 32.0. The number of rotatable bonds is 40. The van der Waals surface area contributed by atoms with Gasteiger partial charge in [0.25, 0.3) is 0 Å². The van der Waals surface area contributed by atoms with E-state index in [1.165, 1.54) is 0 Å². The van der Waals surface area contributed by atoms with Crippen LogP contribution in [-0.4, -0.2) is 142 Å². The third-order valence-corrected chi connectivity index (χ3v) is 20.4. The number of pyridine rings is 4. The van der Waals surface area contributed by atoms with Crippen molar-refractivity contribution >= 4 is 114 Å². The SMILES string of the molecule is NCCC[C@@H](N)C(=O)N[C@@H](CCc1ccccc1)C(=O)Nc1cnc2ccccc2c1.NCCC[C@@H](N)C(=O)N[C@H](CCc1ccccc1)C(=O)Nc1cnc2ccccc2c1.NCCC[C@H](N)C(=O)N[C@@H](CCc1ccccc1)C(=O)Nc1cnc2ccccc2c1.NCCC[C@H](N)C(=O)N[C@H](CCc1ccccc1)C(=O)Nc1cnc2ccccc2c1. The zero-order chi connectivity index (χ0) is 88.2. The molecule has 0 radical (unpaired) electrons. The van der Waals surface area contributed by atoms with Crippen molar-refractivity contribution in [2.45, 2.75) is 151 Å². The van der Waals surface area contributed by atoms with Crippen LogP contribution in [0.2, 0.25) is 0 Å². The predicted octanol–water partition coefficient (Wildman–Crippen LogP) is 9.43. The second kappa shape index (κ2) is 51.6. The summed E-state index contributed by atoms with van der Waals surface area (Å²) in [6, 6.07) is 71.8. The average Bonchev–Trinajstić information content (AvgIpc) is 0.846. The average molecular weight is 1680 g/mol. The van der Waals surface area contributed by atoms with E-state index < -0.39 is 48.3 Å². The van der Waals surface area contributed by atoms with Crippen molar-refractivity contribution in [1.29, 1.82) is 0 Å². The standard InChI is InChI=1S/4C24H29N5O2/c4*25-14-6-10-20(26)23(30)29-22(13-12-17-7-2-1-3-8-17)24(31)28-19-15-18-9-4-5-11-21(18)27-16-19/h4*1-5,7-9,11,15-16,20,22H,6,10,12-14,25-26H2,(H,28,31)(H,29,30)/t2*20-,22+;2*20-,22-/m1010/s1. The van der Waals surface area contributed by atoms with Gasteiger partial charge in [-0.3, -0.25) is 58.3 Å². The fourth-order valence-electron chi connectivity index (χ4n) is 13.4. The van der Waals surface area contributed by atoms with E-state index in [9.17, 15) is 38.4 Å². The number of amides is 8. The fourth-order valence-corrected chi connectivity index (χ4v) is 13.4. The van der Waals surface area contributed by atoms with Crippen LogP contribution in [0.3, 0.4) is 0 Å². The number of fused-ring (bicyclic) bond motifs is 4. The Bertz CT molecular complexity index is 4700. The van der Waals surface area contributed by atoms with Crippen molar-refractivity contribution < 1.29 is 38.4 Å². The number of carbonyl (C=O) groups is 8. The van der Waals surface area contributed by atoms with E-state index in [0.29, 0.717) is 152 Å². The number of para-hydroxylation sites is 4. The Hall–Kier alpha value is -13.2. The van der Waals surface area contributed by atoms with Crippen LogP contribution in [0.25, 0.3) is 43.6 Å². The first-order valence-corrected chi connectivity index (χ1v) is 42.1. The second-order valence-electron chi connectivity index (χ2n) is 30.1. The molecular weight excluding hydrogens is 1560 g/mol. The Morgan fingerprint density at radius 2 is 0.427 bits per heavy atom. The first-order valence-electron chi connectivity index (χ1n) is 42.1. The number of nitrogens with zero attached hydrogens (tertiary/aromatic N) is 4. The van der Waals surface area contributed by atoms with Gasteiger partial charge in [-0.05, 0) is 200 Å². The molecule has 4 heterocycles. The lowest BCUT2D eigenvalue weighted by molar-refractivity contribution is -0.127. The summed E-state index contributed by atoms with van der Waals surface area (Å²) in [5.41, 5.74) is 56.0. The number of aryl methyl sites for hydroxylation is 4. The van der Waals surface area contributed by atoms with Gasteiger partial charge in [0.15, 0.2) is 0 Å². The summed E-state index contributed by atoms with van der Waals surface area (Å²) in [6.45, 7) is 1.86. The first-order chi connectivity index (χ1) is 60.3. The molecule has 4 aromatic heterocycles. The molecule has 8 atom stereocenters. The molecular formula is C96H116N20O8. The molecule has 28 nitrogen and oxygen atoms in total. The Kier molecular flexibility index (Phi) is 39.4. The number of hydrogen-bond donors (Lipinski definition) is 16. The predicted molar refractivity (Wildman–Crippen MR) is 493 cm³/mol. The zero-order valence-corrected chi connectivity index (χ0v) is 69.8. The molecule has 28 heteroatoms. The number of carbonyl (C=O) groups excluding carboxylic acids is 8. The van der Waals surface area contributed by atoms with E-state index in [0.717, 1.165) is 65.9 Å². The molecule has 8 aromatic carbocycles. The van der Waals surface area contributed by atoms with Crippen LogP contribution < -0.4 is 88.4 Å². The summed E-state index contributed by atoms with van der Waals surface area (Å²) in [4.78, 5) is 120. The lowest BCUT2D eigenvalue weighted by Crippen LogP contribution is -2.50. The van der Waals surface area contributed by atoms with Crippen molar-refractivity contribution in [2.24, 2.45) is 45.9 Å². The van der Waals surface area contributed by atoms with Crippen LogP contribution in [0, 0.1) is 0 Å². The molecule has 0 aliphatic carbocycles. The van der Waals surface area contributed by atoms with Gasteiger partial charge in [-0.2, -0.15) is 0 Å². The minimum Gasteiger partial charge on any atom is -0.343 e. The molecule has 0 fully saturated rings. The highest BCUT2D eigenvalue weighted by atomic mass is 16.2. The number of anilines is 4. The van der Waals surface area contributed by atoms with Gasteiger partial charge in [0.05, 0.1) is 93.8 Å². The molecule has 24 N–H and O–H groups in total. The van der Waals surface area contributed by atoms with Crippen LogP contribution >= 0.6 is 0 Å². The van der Waals surface area contributed by atoms with E-state index in [1.807, 2.05) is 243 Å². The summed E-state index contributed by atoms with van der Waals surface area (Å²) >= 11 is 0. The molecule has 124 heavy (non-hydrogen) atoms. The van der Waals surface area contributed by atoms with E-state index in [4.69, 9.17) is 45.9 Å². The topological polar surface area (TPSA) is 493 Å². The largest absolute Gasteiger partial charge is 0.343 e. The maximum atomic E-state index is 13.0. The molecule has 0 unspecified atom stereocenters. The minimum absolute atomic E-state index is 0.299. The van der Waals surface area contributed by atoms with E-state index >= 15 is 0 Å². The lowest BCUT2D eigenvalue weighted by atomic mass is 10.0. The molecule has 0 bridgehead atoms. The van der Waals surface area contributed by atoms with E-state index in [-0.39, 0.29) is 47.3 Å². The first kappa shape index (κ1) is 94.7. The highest BCUT2D eigenvalue weighted by Gasteiger charge is 2.29. The number of hydrogen-bond acceptors (Lipinski definition) is 20. The molecule has 0 aliphatic rings. The molecule has 0 aliphatic heterocycles. The Balaban J connectivity index is 0.000000187. The summed E-state index contributed by atoms with van der Waals surface area (Å²) in [5, 5.41) is 26.5. The summed E-state index contributed by atoms with van der Waals surface area (Å²) < 4.78 is 0. The van der Waals surface area contributed by atoms with Gasteiger partial charge < -0.3 is 88.4 Å². The maximum absolute atomic E-state index is 13.0. The summed E-state index contributed by atoms with van der Waals surface area (Å²) in [5.74, 6) is -2.59. The van der Waals surface area contributed by atoms with Crippen LogP contribution in [0.5, 0.6) is 0 Å². The highest BCUT2D eigenvalue weighted by Crippen LogP contribution is 2.23. The zero-order valence-electron chi connectivity index (χ0n) is 69.8. The fraction of sp³-hybridized carbons (Fsp3) is 0.292. The molecule has 12 aromatic rings. The monoisotopic (exact) mass is 1680 g/mol. The summed E-state index contributed by atoms with van der Waals surface area (Å²) in [6.07, 6.45) is 15.4.